The predicted molar refractivity (Wildman–Crippen MR) is 92.4 cm³/mol. The number of carbonyl (C=O) groups excluding carboxylic acids is 1. The smallest absolute Gasteiger partial charge is 0.270 e. The molecule has 0 bridgehead atoms. The molecule has 3 aromatic rings. The SMILES string of the molecule is Cc1nc2sccn2c1C(=O)NCC(c1ccco1)N1CCCC1. The zero-order chi connectivity index (χ0) is 16.5. The molecule has 126 valence electrons. The maximum atomic E-state index is 12.7. The molecule has 0 aromatic carbocycles. The fourth-order valence-electron chi connectivity index (χ4n) is 3.38. The molecule has 0 saturated carbocycles. The maximum absolute atomic E-state index is 12.7. The standard InChI is InChI=1S/C17H20N4O2S/c1-12-15(21-8-10-24-17(21)19-12)16(22)18-11-13(14-5-4-9-23-14)20-6-2-3-7-20/h4-5,8-10,13H,2-3,6-7,11H2,1H3,(H,18,22). The molecule has 0 spiro atoms. The average Bonchev–Trinajstić information content (AvgIpc) is 3.32. The summed E-state index contributed by atoms with van der Waals surface area (Å²) in [6.07, 6.45) is 5.97. The number of thiazole rings is 1. The average molecular weight is 344 g/mol. The third-order valence-electron chi connectivity index (χ3n) is 4.56. The van der Waals surface area contributed by atoms with Gasteiger partial charge in [0.1, 0.15) is 11.5 Å². The molecular formula is C17H20N4O2S. The molecule has 0 radical (unpaired) electrons. The van der Waals surface area contributed by atoms with Crippen molar-refractivity contribution >= 4 is 22.2 Å². The Hall–Kier alpha value is -2.12. The van der Waals surface area contributed by atoms with Crippen LogP contribution in [-0.4, -0.2) is 39.8 Å². The minimum Gasteiger partial charge on any atom is -0.468 e. The molecule has 1 fully saturated rings. The summed E-state index contributed by atoms with van der Waals surface area (Å²) < 4.78 is 7.46. The van der Waals surface area contributed by atoms with Crippen LogP contribution in [0, 0.1) is 6.92 Å². The molecule has 7 heteroatoms. The van der Waals surface area contributed by atoms with Gasteiger partial charge in [-0.25, -0.2) is 4.98 Å². The molecular weight excluding hydrogens is 324 g/mol. The summed E-state index contributed by atoms with van der Waals surface area (Å²) >= 11 is 1.53. The van der Waals surface area contributed by atoms with Gasteiger partial charge in [-0.15, -0.1) is 11.3 Å². The fourth-order valence-corrected chi connectivity index (χ4v) is 4.14. The fraction of sp³-hybridized carbons (Fsp3) is 0.412. The van der Waals surface area contributed by atoms with Gasteiger partial charge in [-0.3, -0.25) is 14.1 Å². The molecule has 1 N–H and O–H groups in total. The van der Waals surface area contributed by atoms with Gasteiger partial charge in [-0.2, -0.15) is 0 Å². The van der Waals surface area contributed by atoms with E-state index in [1.54, 1.807) is 6.26 Å². The van der Waals surface area contributed by atoms with Crippen LogP contribution in [0.25, 0.3) is 4.96 Å². The first kappa shape index (κ1) is 15.4. The van der Waals surface area contributed by atoms with Crippen LogP contribution in [-0.2, 0) is 0 Å². The van der Waals surface area contributed by atoms with Gasteiger partial charge in [-0.1, -0.05) is 0 Å². The van der Waals surface area contributed by atoms with Crippen LogP contribution >= 0.6 is 11.3 Å². The van der Waals surface area contributed by atoms with Crippen LogP contribution in [0.4, 0.5) is 0 Å². The minimum absolute atomic E-state index is 0.0812. The monoisotopic (exact) mass is 344 g/mol. The maximum Gasteiger partial charge on any atom is 0.270 e. The van der Waals surface area contributed by atoms with Gasteiger partial charge < -0.3 is 9.73 Å². The van der Waals surface area contributed by atoms with Crippen LogP contribution in [0.5, 0.6) is 0 Å². The van der Waals surface area contributed by atoms with E-state index in [2.05, 4.69) is 15.2 Å². The van der Waals surface area contributed by atoms with Crippen molar-refractivity contribution in [3.63, 3.8) is 0 Å². The largest absolute Gasteiger partial charge is 0.468 e. The normalized spacial score (nSPS) is 16.7. The number of aryl methyl sites for hydroxylation is 1. The zero-order valence-electron chi connectivity index (χ0n) is 13.6. The Labute approximate surface area is 144 Å². The van der Waals surface area contributed by atoms with Gasteiger partial charge in [0.2, 0.25) is 0 Å². The lowest BCUT2D eigenvalue weighted by Gasteiger charge is -2.25. The lowest BCUT2D eigenvalue weighted by Crippen LogP contribution is -2.37. The highest BCUT2D eigenvalue weighted by Gasteiger charge is 2.27. The van der Waals surface area contributed by atoms with Crippen molar-refractivity contribution in [2.45, 2.75) is 25.8 Å². The van der Waals surface area contributed by atoms with Crippen molar-refractivity contribution in [1.29, 1.82) is 0 Å². The van der Waals surface area contributed by atoms with E-state index in [-0.39, 0.29) is 11.9 Å². The summed E-state index contributed by atoms with van der Waals surface area (Å²) in [7, 11) is 0. The second-order valence-corrected chi connectivity index (χ2v) is 6.96. The quantitative estimate of drug-likeness (QED) is 0.773. The number of amides is 1. The van der Waals surface area contributed by atoms with Crippen LogP contribution in [0.1, 0.15) is 40.8 Å². The van der Waals surface area contributed by atoms with Crippen molar-refractivity contribution < 1.29 is 9.21 Å². The number of fused-ring (bicyclic) bond motifs is 1. The number of hydrogen-bond donors (Lipinski definition) is 1. The second-order valence-electron chi connectivity index (χ2n) is 6.09. The first-order chi connectivity index (χ1) is 11.7. The molecule has 1 saturated heterocycles. The van der Waals surface area contributed by atoms with Crippen molar-refractivity contribution in [2.75, 3.05) is 19.6 Å². The number of nitrogens with zero attached hydrogens (tertiary/aromatic N) is 3. The first-order valence-corrected chi connectivity index (χ1v) is 9.10. The van der Waals surface area contributed by atoms with Crippen molar-refractivity contribution in [3.8, 4) is 0 Å². The van der Waals surface area contributed by atoms with Crippen LogP contribution in [0.3, 0.4) is 0 Å². The second kappa shape index (κ2) is 6.41. The molecule has 1 unspecified atom stereocenters. The summed E-state index contributed by atoms with van der Waals surface area (Å²) in [6.45, 7) is 4.49. The van der Waals surface area contributed by atoms with Crippen LogP contribution < -0.4 is 5.32 Å². The van der Waals surface area contributed by atoms with Gasteiger partial charge in [0.05, 0.1) is 18.0 Å². The zero-order valence-corrected chi connectivity index (χ0v) is 14.4. The molecule has 4 rings (SSSR count). The Morgan fingerprint density at radius 3 is 3.04 bits per heavy atom. The number of furan rings is 1. The Bertz CT molecular complexity index is 830. The summed E-state index contributed by atoms with van der Waals surface area (Å²) in [6, 6.07) is 3.96. The van der Waals surface area contributed by atoms with E-state index >= 15 is 0 Å². The molecule has 1 aliphatic rings. The van der Waals surface area contributed by atoms with Gasteiger partial charge in [0, 0.05) is 18.1 Å². The van der Waals surface area contributed by atoms with Crippen molar-refractivity contribution in [2.24, 2.45) is 0 Å². The van der Waals surface area contributed by atoms with E-state index < -0.39 is 0 Å². The highest BCUT2D eigenvalue weighted by molar-refractivity contribution is 7.15. The van der Waals surface area contributed by atoms with Gasteiger partial charge in [0.25, 0.3) is 5.91 Å². The number of imidazole rings is 1. The van der Waals surface area contributed by atoms with Crippen LogP contribution in [0.2, 0.25) is 0 Å². The van der Waals surface area contributed by atoms with Gasteiger partial charge in [-0.05, 0) is 45.0 Å². The number of hydrogen-bond acceptors (Lipinski definition) is 5. The van der Waals surface area contributed by atoms with Crippen LogP contribution in [0.15, 0.2) is 34.4 Å². The van der Waals surface area contributed by atoms with E-state index in [1.165, 1.54) is 24.2 Å². The first-order valence-electron chi connectivity index (χ1n) is 8.22. The summed E-state index contributed by atoms with van der Waals surface area (Å²) in [4.78, 5) is 20.4. The van der Waals surface area contributed by atoms with E-state index in [0.29, 0.717) is 12.2 Å². The molecule has 1 amide bonds. The molecule has 3 aromatic heterocycles. The summed E-state index contributed by atoms with van der Waals surface area (Å²) in [5, 5.41) is 5.02. The topological polar surface area (TPSA) is 62.8 Å². The lowest BCUT2D eigenvalue weighted by atomic mass is 10.2. The molecule has 6 nitrogen and oxygen atoms in total. The van der Waals surface area contributed by atoms with Gasteiger partial charge in [0.15, 0.2) is 4.96 Å². The highest BCUT2D eigenvalue weighted by atomic mass is 32.1. The highest BCUT2D eigenvalue weighted by Crippen LogP contribution is 2.25. The Balaban J connectivity index is 1.52. The Morgan fingerprint density at radius 2 is 2.29 bits per heavy atom. The molecule has 24 heavy (non-hydrogen) atoms. The Kier molecular flexibility index (Phi) is 4.12. The van der Waals surface area contributed by atoms with Gasteiger partial charge >= 0.3 is 0 Å². The molecule has 1 atom stereocenters. The molecule has 4 heterocycles. The number of likely N-dealkylation sites (tertiary alicyclic amines) is 1. The van der Waals surface area contributed by atoms with E-state index in [4.69, 9.17) is 4.42 Å². The lowest BCUT2D eigenvalue weighted by molar-refractivity contribution is 0.0927. The predicted octanol–water partition coefficient (Wildman–Crippen LogP) is 2.86. The van der Waals surface area contributed by atoms with E-state index in [1.807, 2.05) is 35.0 Å². The Morgan fingerprint density at radius 1 is 1.46 bits per heavy atom. The summed E-state index contributed by atoms with van der Waals surface area (Å²) in [5.41, 5.74) is 1.38. The van der Waals surface area contributed by atoms with E-state index in [9.17, 15) is 4.79 Å². The number of rotatable bonds is 5. The number of aromatic nitrogens is 2. The molecule has 0 aliphatic carbocycles. The third kappa shape index (κ3) is 2.74. The summed E-state index contributed by atoms with van der Waals surface area (Å²) in [5.74, 6) is 0.817. The van der Waals surface area contributed by atoms with E-state index in [0.717, 1.165) is 29.5 Å². The van der Waals surface area contributed by atoms with Crippen molar-refractivity contribution in [1.82, 2.24) is 19.6 Å². The number of carbonyl (C=O) groups is 1. The minimum atomic E-state index is -0.0887. The van der Waals surface area contributed by atoms with Crippen molar-refractivity contribution in [3.05, 3.63) is 47.1 Å². The molecule has 1 aliphatic heterocycles. The third-order valence-corrected chi connectivity index (χ3v) is 5.32. The number of nitrogens with one attached hydrogen (secondary N) is 1.